The fraction of sp³-hybridized carbons (Fsp3) is 0.0500. The highest BCUT2D eigenvalue weighted by atomic mass is 32.2. The lowest BCUT2D eigenvalue weighted by Crippen LogP contribution is -2.15. The Morgan fingerprint density at radius 3 is 1.88 bits per heavy atom. The van der Waals surface area contributed by atoms with E-state index in [1.165, 1.54) is 43.5 Å². The van der Waals surface area contributed by atoms with Gasteiger partial charge in [0.15, 0.2) is 0 Å². The minimum atomic E-state index is -4.22. The first kappa shape index (κ1) is 23.0. The third-order valence-corrected chi connectivity index (χ3v) is 7.01. The van der Waals surface area contributed by atoms with Gasteiger partial charge >= 0.3 is 5.97 Å². The number of aromatic carboxylic acids is 1. The Balaban J connectivity index is 1.82. The highest BCUT2D eigenvalue weighted by molar-refractivity contribution is 7.93. The second kappa shape index (κ2) is 8.85. The molecule has 3 rings (SSSR count). The van der Waals surface area contributed by atoms with Crippen molar-refractivity contribution in [1.82, 2.24) is 0 Å². The standard InChI is InChI=1S/C20H17FN2O7S2/c1-30-18-11-2-13(20(24)25)12-19(18)32(28,29)23-16-7-5-15(6-8-16)22-31(26,27)17-9-3-14(21)4-10-17/h2-12,22-23H,1H3,(H,24,25). The number of halogens is 1. The monoisotopic (exact) mass is 480 g/mol. The summed E-state index contributed by atoms with van der Waals surface area (Å²) in [5, 5.41) is 9.12. The van der Waals surface area contributed by atoms with E-state index in [4.69, 9.17) is 9.84 Å². The number of carboxylic acids is 1. The van der Waals surface area contributed by atoms with Crippen LogP contribution in [0.2, 0.25) is 0 Å². The maximum atomic E-state index is 13.0. The smallest absolute Gasteiger partial charge is 0.335 e. The molecule has 0 aliphatic rings. The maximum absolute atomic E-state index is 13.0. The largest absolute Gasteiger partial charge is 0.495 e. The van der Waals surface area contributed by atoms with Gasteiger partial charge in [-0.25, -0.2) is 26.0 Å². The van der Waals surface area contributed by atoms with Gasteiger partial charge in [0.1, 0.15) is 16.5 Å². The van der Waals surface area contributed by atoms with Gasteiger partial charge in [-0.3, -0.25) is 9.44 Å². The van der Waals surface area contributed by atoms with Gasteiger partial charge in [-0.2, -0.15) is 0 Å². The summed E-state index contributed by atoms with van der Waals surface area (Å²) >= 11 is 0. The van der Waals surface area contributed by atoms with E-state index in [-0.39, 0.29) is 32.5 Å². The molecule has 3 aromatic rings. The Kier molecular flexibility index (Phi) is 6.37. The number of rotatable bonds is 8. The quantitative estimate of drug-likeness (QED) is 0.450. The predicted octanol–water partition coefficient (Wildman–Crippen LogP) is 3.13. The van der Waals surface area contributed by atoms with Crippen LogP contribution in [0.5, 0.6) is 5.75 Å². The fourth-order valence-electron chi connectivity index (χ4n) is 2.66. The second-order valence-corrected chi connectivity index (χ2v) is 9.75. The van der Waals surface area contributed by atoms with Crippen molar-refractivity contribution in [3.8, 4) is 5.75 Å². The van der Waals surface area contributed by atoms with Crippen LogP contribution in [0.15, 0.2) is 76.5 Å². The number of ether oxygens (including phenoxy) is 1. The van der Waals surface area contributed by atoms with Gasteiger partial charge in [0.2, 0.25) is 0 Å². The molecular weight excluding hydrogens is 463 g/mol. The number of benzene rings is 3. The van der Waals surface area contributed by atoms with Gasteiger partial charge in [0.25, 0.3) is 20.0 Å². The fourth-order valence-corrected chi connectivity index (χ4v) is 4.98. The SMILES string of the molecule is COc1ccc(C(=O)O)cc1S(=O)(=O)Nc1ccc(NS(=O)(=O)c2ccc(F)cc2)cc1. The Morgan fingerprint density at radius 2 is 1.38 bits per heavy atom. The minimum absolute atomic E-state index is 0.0498. The van der Waals surface area contributed by atoms with Gasteiger partial charge < -0.3 is 9.84 Å². The average molecular weight is 480 g/mol. The molecule has 0 aliphatic carbocycles. The predicted molar refractivity (Wildman–Crippen MR) is 114 cm³/mol. The van der Waals surface area contributed by atoms with E-state index in [0.29, 0.717) is 0 Å². The number of carbonyl (C=O) groups is 1. The third kappa shape index (κ3) is 5.15. The first-order chi connectivity index (χ1) is 15.0. The molecule has 0 fully saturated rings. The van der Waals surface area contributed by atoms with Gasteiger partial charge in [-0.05, 0) is 66.7 Å². The number of methoxy groups -OCH3 is 1. The van der Waals surface area contributed by atoms with Crippen molar-refractivity contribution < 1.29 is 35.9 Å². The van der Waals surface area contributed by atoms with Crippen LogP contribution < -0.4 is 14.2 Å². The first-order valence-corrected chi connectivity index (χ1v) is 11.8. The molecular formula is C20H17FN2O7S2. The summed E-state index contributed by atoms with van der Waals surface area (Å²) in [6.07, 6.45) is 0. The summed E-state index contributed by atoms with van der Waals surface area (Å²) in [5.74, 6) is -1.93. The average Bonchev–Trinajstić information content (AvgIpc) is 2.74. The van der Waals surface area contributed by atoms with Crippen molar-refractivity contribution in [3.05, 3.63) is 78.1 Å². The highest BCUT2D eigenvalue weighted by Crippen LogP contribution is 2.28. The molecule has 12 heteroatoms. The summed E-state index contributed by atoms with van der Waals surface area (Å²) in [4.78, 5) is 10.7. The molecule has 0 unspecified atom stereocenters. The molecule has 32 heavy (non-hydrogen) atoms. The minimum Gasteiger partial charge on any atom is -0.495 e. The van der Waals surface area contributed by atoms with E-state index in [2.05, 4.69) is 9.44 Å². The Bertz CT molecular complexity index is 1360. The van der Waals surface area contributed by atoms with E-state index in [1.54, 1.807) is 0 Å². The molecule has 0 aromatic heterocycles. The lowest BCUT2D eigenvalue weighted by molar-refractivity contribution is 0.0696. The number of nitrogens with one attached hydrogen (secondary N) is 2. The molecule has 0 spiro atoms. The molecule has 0 aliphatic heterocycles. The van der Waals surface area contributed by atoms with Crippen LogP contribution >= 0.6 is 0 Å². The van der Waals surface area contributed by atoms with E-state index in [0.717, 1.165) is 30.3 Å². The van der Waals surface area contributed by atoms with Gasteiger partial charge in [0, 0.05) is 11.4 Å². The summed E-state index contributed by atoms with van der Waals surface area (Å²) in [7, 11) is -6.94. The van der Waals surface area contributed by atoms with Gasteiger partial charge in [-0.15, -0.1) is 0 Å². The van der Waals surface area contributed by atoms with Gasteiger partial charge in [0.05, 0.1) is 17.6 Å². The van der Waals surface area contributed by atoms with E-state index in [1.807, 2.05) is 0 Å². The van der Waals surface area contributed by atoms with Crippen molar-refractivity contribution in [2.45, 2.75) is 9.79 Å². The van der Waals surface area contributed by atoms with Crippen molar-refractivity contribution in [2.24, 2.45) is 0 Å². The summed E-state index contributed by atoms with van der Waals surface area (Å²) in [6, 6.07) is 12.9. The topological polar surface area (TPSA) is 139 Å². The molecule has 0 saturated heterocycles. The molecule has 168 valence electrons. The molecule has 3 aromatic carbocycles. The zero-order valence-corrected chi connectivity index (χ0v) is 18.1. The summed E-state index contributed by atoms with van der Waals surface area (Å²) in [5.41, 5.74) is -0.00281. The lowest BCUT2D eigenvalue weighted by Gasteiger charge is -2.13. The molecule has 0 radical (unpaired) electrons. The molecule has 0 amide bonds. The molecule has 0 bridgehead atoms. The molecule has 3 N–H and O–H groups in total. The highest BCUT2D eigenvalue weighted by Gasteiger charge is 2.22. The number of sulfonamides is 2. The Morgan fingerprint density at radius 1 is 0.844 bits per heavy atom. The van der Waals surface area contributed by atoms with Crippen LogP contribution in [-0.4, -0.2) is 35.0 Å². The van der Waals surface area contributed by atoms with Crippen LogP contribution in [0.25, 0.3) is 0 Å². The molecule has 0 heterocycles. The first-order valence-electron chi connectivity index (χ1n) is 8.84. The van der Waals surface area contributed by atoms with Crippen LogP contribution in [-0.2, 0) is 20.0 Å². The van der Waals surface area contributed by atoms with Crippen LogP contribution in [0, 0.1) is 5.82 Å². The Labute approximate surface area is 183 Å². The third-order valence-electron chi connectivity index (χ3n) is 4.21. The van der Waals surface area contributed by atoms with Crippen molar-refractivity contribution >= 4 is 37.4 Å². The number of hydrogen-bond acceptors (Lipinski definition) is 6. The molecule has 0 atom stereocenters. The number of hydrogen-bond donors (Lipinski definition) is 3. The molecule has 9 nitrogen and oxygen atoms in total. The summed E-state index contributed by atoms with van der Waals surface area (Å²) < 4.78 is 72.8. The Hall–Kier alpha value is -3.64. The van der Waals surface area contributed by atoms with E-state index >= 15 is 0 Å². The zero-order chi connectivity index (χ0) is 23.5. The second-order valence-electron chi connectivity index (χ2n) is 6.41. The number of carboxylic acid groups (broad SMARTS) is 1. The van der Waals surface area contributed by atoms with Crippen LogP contribution in [0.3, 0.4) is 0 Å². The van der Waals surface area contributed by atoms with Crippen molar-refractivity contribution in [2.75, 3.05) is 16.6 Å². The van der Waals surface area contributed by atoms with Crippen molar-refractivity contribution in [1.29, 1.82) is 0 Å². The van der Waals surface area contributed by atoms with E-state index in [9.17, 15) is 26.0 Å². The number of anilines is 2. The van der Waals surface area contributed by atoms with Gasteiger partial charge in [-0.1, -0.05) is 0 Å². The summed E-state index contributed by atoms with van der Waals surface area (Å²) in [6.45, 7) is 0. The van der Waals surface area contributed by atoms with Crippen LogP contribution in [0.1, 0.15) is 10.4 Å². The van der Waals surface area contributed by atoms with Crippen molar-refractivity contribution in [3.63, 3.8) is 0 Å². The zero-order valence-electron chi connectivity index (χ0n) is 16.4. The molecule has 0 saturated carbocycles. The normalized spacial score (nSPS) is 11.6. The maximum Gasteiger partial charge on any atom is 0.335 e. The lowest BCUT2D eigenvalue weighted by atomic mass is 10.2. The van der Waals surface area contributed by atoms with E-state index < -0.39 is 31.8 Å². The van der Waals surface area contributed by atoms with Crippen LogP contribution in [0.4, 0.5) is 15.8 Å².